The third kappa shape index (κ3) is 5.93. The highest BCUT2D eigenvalue weighted by atomic mass is 32.2. The van der Waals surface area contributed by atoms with Crippen LogP contribution in [0.15, 0.2) is 53.5 Å². The van der Waals surface area contributed by atoms with Crippen molar-refractivity contribution in [1.82, 2.24) is 5.32 Å². The third-order valence-corrected chi connectivity index (χ3v) is 5.24. The second kappa shape index (κ2) is 9.58. The first-order valence-corrected chi connectivity index (χ1v) is 10.4. The number of rotatable bonds is 5. The quantitative estimate of drug-likeness (QED) is 0.710. The number of aliphatic imine (C=N–C) groups is 1. The fraction of sp³-hybridized carbons (Fsp3) is 0.273. The molecule has 1 saturated heterocycles. The van der Waals surface area contributed by atoms with E-state index in [2.05, 4.69) is 15.6 Å². The largest absolute Gasteiger partial charge is 0.459 e. The van der Waals surface area contributed by atoms with Gasteiger partial charge in [-0.05, 0) is 57.2 Å². The van der Waals surface area contributed by atoms with Crippen molar-refractivity contribution in [3.8, 4) is 0 Å². The zero-order chi connectivity index (χ0) is 21.7. The lowest BCUT2D eigenvalue weighted by Gasteiger charge is -2.22. The Labute approximate surface area is 179 Å². The average Bonchev–Trinajstić information content (AvgIpc) is 2.69. The van der Waals surface area contributed by atoms with E-state index in [0.29, 0.717) is 22.1 Å². The van der Waals surface area contributed by atoms with Gasteiger partial charge in [0, 0.05) is 12.1 Å². The number of carbonyl (C=O) groups excluding carboxylic acids is 3. The van der Waals surface area contributed by atoms with Crippen LogP contribution < -0.4 is 10.6 Å². The maximum Gasteiger partial charge on any atom is 0.338 e. The third-order valence-electron chi connectivity index (χ3n) is 4.16. The lowest BCUT2D eigenvalue weighted by Crippen LogP contribution is -2.41. The summed E-state index contributed by atoms with van der Waals surface area (Å²) in [6.07, 6.45) is -0.149. The summed E-state index contributed by atoms with van der Waals surface area (Å²) < 4.78 is 5.14. The van der Waals surface area contributed by atoms with Crippen molar-refractivity contribution in [3.63, 3.8) is 0 Å². The summed E-state index contributed by atoms with van der Waals surface area (Å²) >= 11 is 1.21. The molecule has 1 atom stereocenters. The first kappa shape index (κ1) is 21.6. The molecule has 0 bridgehead atoms. The number of benzene rings is 2. The van der Waals surface area contributed by atoms with Gasteiger partial charge in [0.25, 0.3) is 0 Å². The van der Waals surface area contributed by atoms with Crippen molar-refractivity contribution in [2.24, 2.45) is 4.99 Å². The summed E-state index contributed by atoms with van der Waals surface area (Å²) in [5, 5.41) is 5.28. The maximum absolute atomic E-state index is 12.7. The fourth-order valence-corrected chi connectivity index (χ4v) is 3.68. The molecular formula is C22H23N3O4S. The van der Waals surface area contributed by atoms with Gasteiger partial charge in [-0.3, -0.25) is 9.59 Å². The van der Waals surface area contributed by atoms with Gasteiger partial charge in [0.2, 0.25) is 11.8 Å². The second-order valence-corrected chi connectivity index (χ2v) is 8.32. The van der Waals surface area contributed by atoms with Crippen LogP contribution in [0.4, 0.5) is 11.4 Å². The highest BCUT2D eigenvalue weighted by Crippen LogP contribution is 2.25. The number of amides is 2. The predicted molar refractivity (Wildman–Crippen MR) is 118 cm³/mol. The molecule has 30 heavy (non-hydrogen) atoms. The van der Waals surface area contributed by atoms with Gasteiger partial charge in [-0.1, -0.05) is 29.5 Å². The summed E-state index contributed by atoms with van der Waals surface area (Å²) in [4.78, 5) is 41.0. The lowest BCUT2D eigenvalue weighted by atomic mass is 10.2. The van der Waals surface area contributed by atoms with E-state index in [9.17, 15) is 14.4 Å². The highest BCUT2D eigenvalue weighted by molar-refractivity contribution is 8.15. The minimum Gasteiger partial charge on any atom is -0.459 e. The zero-order valence-electron chi connectivity index (χ0n) is 17.0. The number of aryl methyl sites for hydroxylation is 1. The first-order valence-electron chi connectivity index (χ1n) is 9.54. The molecular weight excluding hydrogens is 402 g/mol. The van der Waals surface area contributed by atoms with Gasteiger partial charge in [-0.15, -0.1) is 0 Å². The van der Waals surface area contributed by atoms with Gasteiger partial charge in [0.05, 0.1) is 17.4 Å². The first-order chi connectivity index (χ1) is 14.3. The molecule has 1 aliphatic rings. The fourth-order valence-electron chi connectivity index (χ4n) is 2.68. The van der Waals surface area contributed by atoms with E-state index in [0.717, 1.165) is 5.56 Å². The number of nitrogens with one attached hydrogen (secondary N) is 2. The van der Waals surface area contributed by atoms with Crippen molar-refractivity contribution in [3.05, 3.63) is 59.7 Å². The molecule has 0 radical (unpaired) electrons. The summed E-state index contributed by atoms with van der Waals surface area (Å²) in [7, 11) is 0. The number of carbonyl (C=O) groups is 3. The van der Waals surface area contributed by atoms with Crippen LogP contribution in [0.5, 0.6) is 0 Å². The Morgan fingerprint density at radius 1 is 1.13 bits per heavy atom. The molecule has 2 amide bonds. The molecule has 0 unspecified atom stereocenters. The summed E-state index contributed by atoms with van der Waals surface area (Å²) in [6.45, 7) is 5.54. The van der Waals surface area contributed by atoms with Crippen molar-refractivity contribution in [2.45, 2.75) is 38.5 Å². The van der Waals surface area contributed by atoms with Crippen LogP contribution >= 0.6 is 11.8 Å². The second-order valence-electron chi connectivity index (χ2n) is 7.13. The Morgan fingerprint density at radius 2 is 1.80 bits per heavy atom. The van der Waals surface area contributed by atoms with Crippen molar-refractivity contribution < 1.29 is 19.1 Å². The smallest absolute Gasteiger partial charge is 0.338 e. The number of thioether (sulfide) groups is 1. The molecule has 2 N–H and O–H groups in total. The van der Waals surface area contributed by atoms with Crippen LogP contribution in [0.3, 0.4) is 0 Å². The van der Waals surface area contributed by atoms with Gasteiger partial charge >= 0.3 is 5.97 Å². The Kier molecular flexibility index (Phi) is 6.89. The van der Waals surface area contributed by atoms with E-state index in [1.807, 2.05) is 31.2 Å². The lowest BCUT2D eigenvalue weighted by molar-refractivity contribution is -0.123. The normalized spacial score (nSPS) is 17.5. The Balaban J connectivity index is 1.65. The number of hydrogen-bond acceptors (Lipinski definition) is 6. The van der Waals surface area contributed by atoms with Crippen LogP contribution in [0.25, 0.3) is 0 Å². The van der Waals surface area contributed by atoms with Gasteiger partial charge in [0.1, 0.15) is 5.25 Å². The Hall–Kier alpha value is -3.13. The topological polar surface area (TPSA) is 96.9 Å². The zero-order valence-corrected chi connectivity index (χ0v) is 17.8. The molecule has 156 valence electrons. The molecule has 2 aromatic carbocycles. The molecule has 3 rings (SSSR count). The van der Waals surface area contributed by atoms with Gasteiger partial charge < -0.3 is 15.4 Å². The molecule has 1 fully saturated rings. The van der Waals surface area contributed by atoms with Gasteiger partial charge in [0.15, 0.2) is 5.17 Å². The summed E-state index contributed by atoms with van der Waals surface area (Å²) in [5.74, 6) is -0.977. The number of esters is 1. The van der Waals surface area contributed by atoms with Gasteiger partial charge in [-0.25, -0.2) is 9.79 Å². The average molecular weight is 426 g/mol. The molecule has 1 aliphatic heterocycles. The van der Waals surface area contributed by atoms with Crippen LogP contribution in [0.2, 0.25) is 0 Å². The van der Waals surface area contributed by atoms with Crippen LogP contribution in [0, 0.1) is 6.92 Å². The summed E-state index contributed by atoms with van der Waals surface area (Å²) in [6, 6.07) is 14.0. The highest BCUT2D eigenvalue weighted by Gasteiger charge is 2.30. The molecule has 8 heteroatoms. The van der Waals surface area contributed by atoms with E-state index >= 15 is 0 Å². The van der Waals surface area contributed by atoms with E-state index in [1.54, 1.807) is 38.1 Å². The molecule has 0 aromatic heterocycles. The minimum absolute atomic E-state index is 0.0578. The van der Waals surface area contributed by atoms with Gasteiger partial charge in [-0.2, -0.15) is 0 Å². The van der Waals surface area contributed by atoms with Crippen LogP contribution in [-0.2, 0) is 14.3 Å². The number of nitrogens with zero attached hydrogens (tertiary/aromatic N) is 1. The predicted octanol–water partition coefficient (Wildman–Crippen LogP) is 3.81. The van der Waals surface area contributed by atoms with Crippen molar-refractivity contribution in [1.29, 1.82) is 0 Å². The summed E-state index contributed by atoms with van der Waals surface area (Å²) in [5.41, 5.74) is 2.75. The van der Waals surface area contributed by atoms with Crippen molar-refractivity contribution in [2.75, 3.05) is 5.32 Å². The molecule has 0 aliphatic carbocycles. The Morgan fingerprint density at radius 3 is 2.43 bits per heavy atom. The molecule has 2 aromatic rings. The number of anilines is 1. The maximum atomic E-state index is 12.7. The van der Waals surface area contributed by atoms with Crippen LogP contribution in [0.1, 0.15) is 36.2 Å². The van der Waals surface area contributed by atoms with E-state index in [-0.39, 0.29) is 24.3 Å². The molecule has 7 nitrogen and oxygen atoms in total. The molecule has 0 saturated carbocycles. The van der Waals surface area contributed by atoms with Crippen LogP contribution in [-0.4, -0.2) is 34.3 Å². The van der Waals surface area contributed by atoms with E-state index in [1.165, 1.54) is 11.8 Å². The standard InChI is InChI=1S/C22H23N3O4S/c1-13(2)29-21(28)15-6-10-16(11-7-15)23-20(27)18-12-19(26)25-22(30-18)24-17-8-4-14(3)5-9-17/h4-11,13,18H,12H2,1-3H3,(H,23,27)(H,24,25,26)/t18-/m1/s1. The number of amidine groups is 1. The molecule has 0 spiro atoms. The minimum atomic E-state index is -0.603. The van der Waals surface area contributed by atoms with Crippen molar-refractivity contribution >= 4 is 46.1 Å². The SMILES string of the molecule is Cc1ccc(N=C2NC(=O)C[C@H](C(=O)Nc3ccc(C(=O)OC(C)C)cc3)S2)cc1. The monoisotopic (exact) mass is 425 g/mol. The van der Waals surface area contributed by atoms with E-state index in [4.69, 9.17) is 4.74 Å². The number of hydrogen-bond donors (Lipinski definition) is 2. The number of ether oxygens (including phenoxy) is 1. The molecule has 1 heterocycles. The Bertz CT molecular complexity index is 969. The van der Waals surface area contributed by atoms with E-state index < -0.39 is 11.2 Å².